The zero-order chi connectivity index (χ0) is 20.8. The molecular formula is C21H28BN5O2. The topological polar surface area (TPSA) is 96.7 Å². The number of rotatable bonds is 8. The van der Waals surface area contributed by atoms with E-state index in [1.807, 2.05) is 41.4 Å². The highest BCUT2D eigenvalue weighted by Crippen LogP contribution is 2.26. The summed E-state index contributed by atoms with van der Waals surface area (Å²) in [5.41, 5.74) is 10.00. The Hall–Kier alpha value is -2.87. The molecule has 8 heteroatoms. The summed E-state index contributed by atoms with van der Waals surface area (Å²) in [4.78, 5) is 19.4. The van der Waals surface area contributed by atoms with Crippen molar-refractivity contribution in [2.45, 2.75) is 39.7 Å². The van der Waals surface area contributed by atoms with Crippen molar-refractivity contribution in [1.82, 2.24) is 14.7 Å². The summed E-state index contributed by atoms with van der Waals surface area (Å²) in [5, 5.41) is 13.8. The molecule has 0 radical (unpaired) electrons. The van der Waals surface area contributed by atoms with Gasteiger partial charge in [-0.2, -0.15) is 5.10 Å². The highest BCUT2D eigenvalue weighted by Gasteiger charge is 2.22. The molecule has 3 N–H and O–H groups in total. The lowest BCUT2D eigenvalue weighted by atomic mass is 9.88. The minimum atomic E-state index is 0.00819. The lowest BCUT2D eigenvalue weighted by Crippen LogP contribution is -2.34. The molecule has 1 aromatic heterocycles. The second-order valence-electron chi connectivity index (χ2n) is 7.31. The number of benzene rings is 1. The van der Waals surface area contributed by atoms with Crippen molar-refractivity contribution in [2.75, 3.05) is 13.1 Å². The molecule has 1 amide bonds. The van der Waals surface area contributed by atoms with E-state index in [1.165, 1.54) is 0 Å². The van der Waals surface area contributed by atoms with Crippen molar-refractivity contribution in [1.29, 1.82) is 0 Å². The molecule has 1 aliphatic rings. The maximum absolute atomic E-state index is 13.0. The molecule has 0 unspecified atom stereocenters. The number of nitrogens with zero attached hydrogens (tertiary/aromatic N) is 4. The summed E-state index contributed by atoms with van der Waals surface area (Å²) in [6.45, 7) is 6.17. The van der Waals surface area contributed by atoms with Crippen LogP contribution >= 0.6 is 0 Å². The Morgan fingerprint density at radius 1 is 1.24 bits per heavy atom. The van der Waals surface area contributed by atoms with Gasteiger partial charge in [-0.15, -0.1) is 0 Å². The molecule has 2 aromatic rings. The van der Waals surface area contributed by atoms with Crippen LogP contribution in [0.4, 0.5) is 5.69 Å². The summed E-state index contributed by atoms with van der Waals surface area (Å²) in [6.07, 6.45) is 5.84. The van der Waals surface area contributed by atoms with Crippen molar-refractivity contribution in [3.8, 4) is 0 Å². The van der Waals surface area contributed by atoms with Crippen LogP contribution in [0.15, 0.2) is 41.0 Å². The van der Waals surface area contributed by atoms with Gasteiger partial charge in [0, 0.05) is 25.1 Å². The SMILES string of the molecule is CCCN(CCC)C(=O)C1=Cc2nn(Cc3ccc(BO)cc3)cc2N=C(N)C1. The molecule has 0 saturated heterocycles. The average Bonchev–Trinajstić information content (AvgIpc) is 3.00. The third-order valence-corrected chi connectivity index (χ3v) is 4.82. The number of aliphatic imine (C=N–C) groups is 1. The standard InChI is InChI=1S/C21H28BN5O2/c1-3-9-26(10-4-2)21(28)16-11-18-19(24-20(23)12-16)14-27(25-18)13-15-5-7-17(22-29)8-6-15/h5-8,11,14,22,29H,3-4,9-10,12-13H2,1-2H3,(H2,23,24). The fourth-order valence-electron chi connectivity index (χ4n) is 3.43. The number of hydrogen-bond donors (Lipinski definition) is 2. The number of fused-ring (bicyclic) bond motifs is 1. The quantitative estimate of drug-likeness (QED) is 0.662. The first-order valence-electron chi connectivity index (χ1n) is 10.1. The van der Waals surface area contributed by atoms with E-state index in [1.54, 1.807) is 4.68 Å². The van der Waals surface area contributed by atoms with Crippen LogP contribution in [0.2, 0.25) is 0 Å². The Balaban J connectivity index is 1.85. The maximum Gasteiger partial charge on any atom is 0.304 e. The molecule has 2 heterocycles. The van der Waals surface area contributed by atoms with Crippen LogP contribution in [-0.2, 0) is 11.3 Å². The Bertz CT molecular complexity index is 912. The molecule has 0 bridgehead atoms. The van der Waals surface area contributed by atoms with Gasteiger partial charge in [0.15, 0.2) is 0 Å². The number of hydrogen-bond acceptors (Lipinski definition) is 5. The number of carbonyl (C=O) groups is 1. The van der Waals surface area contributed by atoms with Crippen LogP contribution in [0.3, 0.4) is 0 Å². The predicted molar refractivity (Wildman–Crippen MR) is 118 cm³/mol. The van der Waals surface area contributed by atoms with Gasteiger partial charge in [-0.3, -0.25) is 9.48 Å². The van der Waals surface area contributed by atoms with E-state index in [0.29, 0.717) is 35.8 Å². The second-order valence-corrected chi connectivity index (χ2v) is 7.31. The van der Waals surface area contributed by atoms with E-state index in [0.717, 1.165) is 37.0 Å². The van der Waals surface area contributed by atoms with Crippen LogP contribution in [0.1, 0.15) is 44.4 Å². The van der Waals surface area contributed by atoms with Gasteiger partial charge >= 0.3 is 7.48 Å². The van der Waals surface area contributed by atoms with Gasteiger partial charge in [0.05, 0.1) is 12.7 Å². The van der Waals surface area contributed by atoms with E-state index in [9.17, 15) is 9.82 Å². The lowest BCUT2D eigenvalue weighted by molar-refractivity contribution is -0.127. The van der Waals surface area contributed by atoms with Gasteiger partial charge < -0.3 is 15.7 Å². The van der Waals surface area contributed by atoms with Gasteiger partial charge in [-0.25, -0.2) is 4.99 Å². The molecule has 7 nitrogen and oxygen atoms in total. The van der Waals surface area contributed by atoms with E-state index in [2.05, 4.69) is 23.9 Å². The summed E-state index contributed by atoms with van der Waals surface area (Å²) in [6, 6.07) is 7.72. The molecule has 1 aliphatic heterocycles. The van der Waals surface area contributed by atoms with Gasteiger partial charge in [0.2, 0.25) is 5.91 Å². The van der Waals surface area contributed by atoms with Crippen LogP contribution in [0.5, 0.6) is 0 Å². The lowest BCUT2D eigenvalue weighted by Gasteiger charge is -2.22. The molecule has 0 spiro atoms. The monoisotopic (exact) mass is 393 g/mol. The van der Waals surface area contributed by atoms with Crippen molar-refractivity contribution in [2.24, 2.45) is 10.7 Å². The van der Waals surface area contributed by atoms with E-state index in [-0.39, 0.29) is 13.4 Å². The summed E-state index contributed by atoms with van der Waals surface area (Å²) in [5.74, 6) is 0.428. The Morgan fingerprint density at radius 3 is 2.55 bits per heavy atom. The first-order valence-corrected chi connectivity index (χ1v) is 10.1. The van der Waals surface area contributed by atoms with Gasteiger partial charge in [-0.05, 0) is 24.5 Å². The van der Waals surface area contributed by atoms with Gasteiger partial charge in [-0.1, -0.05) is 43.6 Å². The highest BCUT2D eigenvalue weighted by atomic mass is 16.2. The molecule has 1 aromatic carbocycles. The zero-order valence-electron chi connectivity index (χ0n) is 17.1. The number of carbonyl (C=O) groups excluding carboxylic acids is 1. The zero-order valence-corrected chi connectivity index (χ0v) is 17.1. The number of nitrogens with two attached hydrogens (primary N) is 1. The molecule has 0 aliphatic carbocycles. The summed E-state index contributed by atoms with van der Waals surface area (Å²) in [7, 11) is 0.0268. The third-order valence-electron chi connectivity index (χ3n) is 4.82. The fourth-order valence-corrected chi connectivity index (χ4v) is 3.43. The van der Waals surface area contributed by atoms with E-state index in [4.69, 9.17) is 5.73 Å². The average molecular weight is 393 g/mol. The molecule has 0 fully saturated rings. The largest absolute Gasteiger partial charge is 0.449 e. The van der Waals surface area contributed by atoms with Gasteiger partial charge in [0.25, 0.3) is 0 Å². The predicted octanol–water partition coefficient (Wildman–Crippen LogP) is 1.32. The second kappa shape index (κ2) is 9.56. The fraction of sp³-hybridized carbons (Fsp3) is 0.381. The minimum absolute atomic E-state index is 0.00819. The first kappa shape index (κ1) is 20.9. The van der Waals surface area contributed by atoms with Crippen molar-refractivity contribution in [3.63, 3.8) is 0 Å². The molecular weight excluding hydrogens is 365 g/mol. The van der Waals surface area contributed by atoms with Crippen LogP contribution in [0.25, 0.3) is 6.08 Å². The van der Waals surface area contributed by atoms with Gasteiger partial charge in [0.1, 0.15) is 17.2 Å². The Morgan fingerprint density at radius 2 is 1.93 bits per heavy atom. The van der Waals surface area contributed by atoms with Crippen LogP contribution < -0.4 is 11.2 Å². The third kappa shape index (κ3) is 5.14. The highest BCUT2D eigenvalue weighted by molar-refractivity contribution is 6.45. The summed E-state index contributed by atoms with van der Waals surface area (Å²) >= 11 is 0. The molecule has 0 atom stereocenters. The van der Waals surface area contributed by atoms with E-state index >= 15 is 0 Å². The molecule has 3 rings (SSSR count). The molecule has 29 heavy (non-hydrogen) atoms. The van der Waals surface area contributed by atoms with Crippen LogP contribution in [0, 0.1) is 0 Å². The van der Waals surface area contributed by atoms with Crippen molar-refractivity contribution >= 4 is 36.5 Å². The normalized spacial score (nSPS) is 13.2. The smallest absolute Gasteiger partial charge is 0.304 e. The molecule has 152 valence electrons. The number of amides is 1. The van der Waals surface area contributed by atoms with Crippen molar-refractivity contribution in [3.05, 3.63) is 47.3 Å². The summed E-state index contributed by atoms with van der Waals surface area (Å²) < 4.78 is 1.80. The van der Waals surface area contributed by atoms with E-state index < -0.39 is 0 Å². The number of amidine groups is 1. The number of aromatic nitrogens is 2. The first-order chi connectivity index (χ1) is 14.0. The Kier molecular flexibility index (Phi) is 6.88. The van der Waals surface area contributed by atoms with Crippen molar-refractivity contribution < 1.29 is 9.82 Å². The minimum Gasteiger partial charge on any atom is -0.449 e. The Labute approximate surface area is 172 Å². The maximum atomic E-state index is 13.0. The van der Waals surface area contributed by atoms with Crippen LogP contribution in [-0.4, -0.2) is 52.0 Å². The molecule has 0 saturated carbocycles.